The highest BCUT2D eigenvalue weighted by Gasteiger charge is 2.32. The van der Waals surface area contributed by atoms with Crippen LogP contribution in [0.1, 0.15) is 11.9 Å². The van der Waals surface area contributed by atoms with Gasteiger partial charge in [0, 0.05) is 11.9 Å². The highest BCUT2D eigenvalue weighted by molar-refractivity contribution is 7.15. The lowest BCUT2D eigenvalue weighted by atomic mass is 10.2. The molecule has 0 saturated carbocycles. The zero-order chi connectivity index (χ0) is 15.1. The fourth-order valence-electron chi connectivity index (χ4n) is 2.63. The predicted molar refractivity (Wildman–Crippen MR) is 79.3 cm³/mol. The average Bonchev–Trinajstić information content (AvgIpc) is 3.23. The van der Waals surface area contributed by atoms with Crippen LogP contribution in [0.2, 0.25) is 0 Å². The molecule has 8 nitrogen and oxygen atoms in total. The summed E-state index contributed by atoms with van der Waals surface area (Å²) in [6, 6.07) is 3.64. The van der Waals surface area contributed by atoms with Crippen LogP contribution in [0.4, 0.5) is 11.6 Å². The molecule has 22 heavy (non-hydrogen) atoms. The zero-order valence-corrected chi connectivity index (χ0v) is 12.2. The lowest BCUT2D eigenvalue weighted by molar-refractivity contribution is -0.389. The Morgan fingerprint density at radius 3 is 3.18 bits per heavy atom. The van der Waals surface area contributed by atoms with E-state index in [4.69, 9.17) is 9.15 Å². The molecule has 1 aliphatic heterocycles. The molecule has 0 bridgehead atoms. The topological polar surface area (TPSA) is 86.0 Å². The average molecular weight is 320 g/mol. The van der Waals surface area contributed by atoms with Gasteiger partial charge in [0.1, 0.15) is 18.1 Å². The highest BCUT2D eigenvalue weighted by Crippen LogP contribution is 2.34. The summed E-state index contributed by atoms with van der Waals surface area (Å²) >= 11 is 1.37. The van der Waals surface area contributed by atoms with Crippen molar-refractivity contribution in [3.05, 3.63) is 45.8 Å². The predicted octanol–water partition coefficient (Wildman–Crippen LogP) is 2.47. The summed E-state index contributed by atoms with van der Waals surface area (Å²) < 4.78 is 12.6. The summed E-state index contributed by atoms with van der Waals surface area (Å²) in [6.07, 6.45) is 3.01. The molecule has 4 heterocycles. The third-order valence-electron chi connectivity index (χ3n) is 3.62. The van der Waals surface area contributed by atoms with E-state index in [-0.39, 0.29) is 16.8 Å². The van der Waals surface area contributed by atoms with Gasteiger partial charge in [-0.3, -0.25) is 0 Å². The van der Waals surface area contributed by atoms with Crippen molar-refractivity contribution < 1.29 is 14.1 Å². The quantitative estimate of drug-likeness (QED) is 0.544. The second kappa shape index (κ2) is 5.11. The van der Waals surface area contributed by atoms with E-state index in [2.05, 4.69) is 4.98 Å². The summed E-state index contributed by atoms with van der Waals surface area (Å²) in [4.78, 5) is 17.9. The number of ether oxygens (including phenoxy) is 1. The summed E-state index contributed by atoms with van der Waals surface area (Å²) in [6.45, 7) is 1.50. The molecule has 1 fully saturated rings. The number of hydrogen-bond acceptors (Lipinski definition) is 7. The van der Waals surface area contributed by atoms with Crippen LogP contribution in [0, 0.1) is 10.1 Å². The maximum atomic E-state index is 11.4. The third kappa shape index (κ3) is 2.06. The van der Waals surface area contributed by atoms with Gasteiger partial charge < -0.3 is 24.2 Å². The molecule has 0 amide bonds. The van der Waals surface area contributed by atoms with Crippen molar-refractivity contribution in [2.45, 2.75) is 6.10 Å². The summed E-state index contributed by atoms with van der Waals surface area (Å²) in [5.41, 5.74) is 0. The Hall–Kier alpha value is -2.39. The fourth-order valence-corrected chi connectivity index (χ4v) is 3.34. The molecule has 0 aromatic carbocycles. The number of nitro groups is 1. The van der Waals surface area contributed by atoms with E-state index >= 15 is 0 Å². The van der Waals surface area contributed by atoms with Crippen LogP contribution in [-0.2, 0) is 4.74 Å². The van der Waals surface area contributed by atoms with Crippen molar-refractivity contribution in [1.82, 2.24) is 9.38 Å². The Kier molecular flexibility index (Phi) is 3.09. The molecular weight excluding hydrogens is 308 g/mol. The Morgan fingerprint density at radius 2 is 2.41 bits per heavy atom. The number of anilines is 1. The smallest absolute Gasteiger partial charge is 0.373 e. The van der Waals surface area contributed by atoms with E-state index in [0.29, 0.717) is 36.2 Å². The third-order valence-corrected chi connectivity index (χ3v) is 4.38. The van der Waals surface area contributed by atoms with Crippen LogP contribution in [0.25, 0.3) is 4.96 Å². The highest BCUT2D eigenvalue weighted by atomic mass is 32.1. The number of hydrogen-bond donors (Lipinski definition) is 0. The first-order valence-electron chi connectivity index (χ1n) is 6.74. The fraction of sp³-hybridized carbons (Fsp3) is 0.308. The Labute approximate surface area is 128 Å². The maximum absolute atomic E-state index is 11.4. The molecule has 0 radical (unpaired) electrons. The molecule has 0 aliphatic carbocycles. The minimum atomic E-state index is -0.389. The van der Waals surface area contributed by atoms with Crippen molar-refractivity contribution in [3.63, 3.8) is 0 Å². The van der Waals surface area contributed by atoms with E-state index < -0.39 is 0 Å². The van der Waals surface area contributed by atoms with Crippen LogP contribution in [0.3, 0.4) is 0 Å². The summed E-state index contributed by atoms with van der Waals surface area (Å²) in [5, 5.41) is 13.2. The summed E-state index contributed by atoms with van der Waals surface area (Å²) in [7, 11) is 0. The molecular formula is C13H12N4O4S. The van der Waals surface area contributed by atoms with Gasteiger partial charge in [0.2, 0.25) is 5.82 Å². The second-order valence-electron chi connectivity index (χ2n) is 4.89. The lowest BCUT2D eigenvalue weighted by Gasteiger charge is -2.31. The Morgan fingerprint density at radius 1 is 1.50 bits per heavy atom. The van der Waals surface area contributed by atoms with Crippen molar-refractivity contribution in [3.8, 4) is 0 Å². The number of aromatic nitrogens is 2. The van der Waals surface area contributed by atoms with Crippen molar-refractivity contribution in [2.75, 3.05) is 24.6 Å². The SMILES string of the molecule is O=[N+]([O-])c1c(N2CCOC(c3ccco3)C2)nc2sccn12. The van der Waals surface area contributed by atoms with Gasteiger partial charge in [-0.25, -0.2) is 0 Å². The van der Waals surface area contributed by atoms with E-state index in [0.717, 1.165) is 0 Å². The number of nitrogens with zero attached hydrogens (tertiary/aromatic N) is 4. The Balaban J connectivity index is 1.70. The van der Waals surface area contributed by atoms with E-state index in [1.165, 1.54) is 15.7 Å². The van der Waals surface area contributed by atoms with Gasteiger partial charge in [0.25, 0.3) is 4.96 Å². The molecule has 1 unspecified atom stereocenters. The van der Waals surface area contributed by atoms with Gasteiger partial charge in [-0.15, -0.1) is 0 Å². The normalized spacial score (nSPS) is 18.9. The second-order valence-corrected chi connectivity index (χ2v) is 5.77. The van der Waals surface area contributed by atoms with Crippen LogP contribution in [0.5, 0.6) is 0 Å². The molecule has 9 heteroatoms. The lowest BCUT2D eigenvalue weighted by Crippen LogP contribution is -2.38. The first-order chi connectivity index (χ1) is 10.7. The minimum Gasteiger partial charge on any atom is -0.467 e. The van der Waals surface area contributed by atoms with Gasteiger partial charge in [0.15, 0.2) is 0 Å². The molecule has 1 saturated heterocycles. The first kappa shape index (κ1) is 13.3. The van der Waals surface area contributed by atoms with Gasteiger partial charge >= 0.3 is 5.82 Å². The molecule has 1 aliphatic rings. The number of fused-ring (bicyclic) bond motifs is 1. The maximum Gasteiger partial charge on any atom is 0.373 e. The number of thiazole rings is 1. The van der Waals surface area contributed by atoms with Crippen LogP contribution >= 0.6 is 11.3 Å². The van der Waals surface area contributed by atoms with Crippen molar-refractivity contribution >= 4 is 27.9 Å². The monoisotopic (exact) mass is 320 g/mol. The van der Waals surface area contributed by atoms with E-state index in [9.17, 15) is 10.1 Å². The minimum absolute atomic E-state index is 0.00338. The summed E-state index contributed by atoms with van der Waals surface area (Å²) in [5.74, 6) is 1.10. The number of rotatable bonds is 3. The van der Waals surface area contributed by atoms with Gasteiger partial charge in [0.05, 0.1) is 19.4 Å². The zero-order valence-electron chi connectivity index (χ0n) is 11.4. The number of furan rings is 1. The molecule has 4 rings (SSSR count). The van der Waals surface area contributed by atoms with Crippen LogP contribution in [-0.4, -0.2) is 34.0 Å². The number of morpholine rings is 1. The molecule has 0 spiro atoms. The van der Waals surface area contributed by atoms with Crippen LogP contribution in [0.15, 0.2) is 34.4 Å². The largest absolute Gasteiger partial charge is 0.467 e. The van der Waals surface area contributed by atoms with Crippen molar-refractivity contribution in [2.24, 2.45) is 0 Å². The first-order valence-corrected chi connectivity index (χ1v) is 7.62. The molecule has 1 atom stereocenters. The van der Waals surface area contributed by atoms with E-state index in [1.54, 1.807) is 23.9 Å². The molecule has 3 aromatic rings. The molecule has 3 aromatic heterocycles. The van der Waals surface area contributed by atoms with Crippen LogP contribution < -0.4 is 4.90 Å². The standard InChI is InChI=1S/C13H12N4O4S/c18-17(19)12-11(14-13-16(12)4-7-22-13)15-3-6-21-10(8-15)9-2-1-5-20-9/h1-2,4-5,7,10H,3,6,8H2. The van der Waals surface area contributed by atoms with E-state index in [1.807, 2.05) is 11.0 Å². The molecule has 114 valence electrons. The Bertz CT molecular complexity index is 809. The number of imidazole rings is 1. The van der Waals surface area contributed by atoms with Crippen molar-refractivity contribution in [1.29, 1.82) is 0 Å². The van der Waals surface area contributed by atoms with Gasteiger partial charge in [-0.2, -0.15) is 9.38 Å². The van der Waals surface area contributed by atoms with Gasteiger partial charge in [-0.1, -0.05) is 11.3 Å². The molecule has 0 N–H and O–H groups in total. The van der Waals surface area contributed by atoms with Gasteiger partial charge in [-0.05, 0) is 17.1 Å².